The minimum atomic E-state index is -0.705. The van der Waals surface area contributed by atoms with Crippen molar-refractivity contribution in [1.82, 2.24) is 4.90 Å². The highest BCUT2D eigenvalue weighted by Gasteiger charge is 2.33. The van der Waals surface area contributed by atoms with Gasteiger partial charge in [0.2, 0.25) is 0 Å². The zero-order valence-electron chi connectivity index (χ0n) is 11.5. The van der Waals surface area contributed by atoms with Gasteiger partial charge < -0.3 is 9.84 Å². The van der Waals surface area contributed by atoms with Gasteiger partial charge in [0.05, 0.1) is 12.6 Å². The maximum Gasteiger partial charge on any atom is 0.317 e. The third-order valence-corrected chi connectivity index (χ3v) is 4.08. The van der Waals surface area contributed by atoms with Gasteiger partial charge in [-0.15, -0.1) is 0 Å². The molecule has 2 atom stereocenters. The molecule has 2 rings (SSSR count). The van der Waals surface area contributed by atoms with Gasteiger partial charge >= 0.3 is 5.97 Å². The first-order chi connectivity index (χ1) is 8.56. The summed E-state index contributed by atoms with van der Waals surface area (Å²) in [4.78, 5) is 13.2. The Morgan fingerprint density at radius 1 is 1.39 bits per heavy atom. The molecule has 0 aromatic carbocycles. The molecule has 4 heteroatoms. The largest absolute Gasteiger partial charge is 0.480 e. The van der Waals surface area contributed by atoms with Crippen LogP contribution in [0.4, 0.5) is 0 Å². The maximum atomic E-state index is 11.0. The van der Waals surface area contributed by atoms with Crippen LogP contribution in [0.5, 0.6) is 0 Å². The highest BCUT2D eigenvalue weighted by atomic mass is 16.5. The van der Waals surface area contributed by atoms with E-state index in [1.54, 1.807) is 0 Å². The van der Waals surface area contributed by atoms with Crippen LogP contribution in [0, 0.1) is 11.8 Å². The molecule has 0 bridgehead atoms. The van der Waals surface area contributed by atoms with Gasteiger partial charge in [-0.3, -0.25) is 9.69 Å². The molecule has 0 radical (unpaired) electrons. The van der Waals surface area contributed by atoms with Crippen LogP contribution in [-0.2, 0) is 9.53 Å². The first-order valence-corrected chi connectivity index (χ1v) is 7.13. The molecule has 104 valence electrons. The molecule has 1 N–H and O–H groups in total. The van der Waals surface area contributed by atoms with Crippen molar-refractivity contribution in [2.75, 3.05) is 19.7 Å². The standard InChI is InChI=1S/C14H25NO3/c1-10(2)13-7-12(5-6-18-13)15(9-14(16)17)8-11-3-4-11/h10-13H,3-9H2,1-2H3,(H,16,17). The fraction of sp³-hybridized carbons (Fsp3) is 0.929. The van der Waals surface area contributed by atoms with Gasteiger partial charge in [-0.25, -0.2) is 0 Å². The molecule has 1 aliphatic carbocycles. The third kappa shape index (κ3) is 3.95. The molecule has 0 amide bonds. The van der Waals surface area contributed by atoms with Crippen LogP contribution in [-0.4, -0.2) is 47.8 Å². The summed E-state index contributed by atoms with van der Waals surface area (Å²) in [6.07, 6.45) is 4.79. The predicted octanol–water partition coefficient (Wildman–Crippen LogP) is 1.99. The number of carboxylic acid groups (broad SMARTS) is 1. The number of carbonyl (C=O) groups is 1. The first kappa shape index (κ1) is 13.8. The van der Waals surface area contributed by atoms with Gasteiger partial charge in [0.1, 0.15) is 0 Å². The quantitative estimate of drug-likeness (QED) is 0.788. The first-order valence-electron chi connectivity index (χ1n) is 7.13. The Bertz CT molecular complexity index is 289. The molecule has 1 saturated heterocycles. The van der Waals surface area contributed by atoms with E-state index in [0.29, 0.717) is 18.1 Å². The highest BCUT2D eigenvalue weighted by Crippen LogP contribution is 2.32. The molecule has 1 heterocycles. The lowest BCUT2D eigenvalue weighted by Crippen LogP contribution is -2.46. The summed E-state index contributed by atoms with van der Waals surface area (Å²) < 4.78 is 5.77. The number of ether oxygens (including phenoxy) is 1. The van der Waals surface area contributed by atoms with Gasteiger partial charge in [-0.2, -0.15) is 0 Å². The fourth-order valence-electron chi connectivity index (χ4n) is 2.75. The van der Waals surface area contributed by atoms with E-state index in [9.17, 15) is 4.79 Å². The van der Waals surface area contributed by atoms with Crippen molar-refractivity contribution in [3.63, 3.8) is 0 Å². The van der Waals surface area contributed by atoms with Gasteiger partial charge in [0.25, 0.3) is 0 Å². The molecule has 1 saturated carbocycles. The minimum Gasteiger partial charge on any atom is -0.480 e. The van der Waals surface area contributed by atoms with Crippen LogP contribution in [0.25, 0.3) is 0 Å². The van der Waals surface area contributed by atoms with Crippen LogP contribution in [0.15, 0.2) is 0 Å². The summed E-state index contributed by atoms with van der Waals surface area (Å²) in [5.41, 5.74) is 0. The van der Waals surface area contributed by atoms with E-state index in [4.69, 9.17) is 9.84 Å². The van der Waals surface area contributed by atoms with E-state index < -0.39 is 5.97 Å². The minimum absolute atomic E-state index is 0.186. The Morgan fingerprint density at radius 3 is 2.67 bits per heavy atom. The van der Waals surface area contributed by atoms with Crippen molar-refractivity contribution in [3.05, 3.63) is 0 Å². The normalized spacial score (nSPS) is 28.9. The average molecular weight is 255 g/mol. The molecule has 0 spiro atoms. The van der Waals surface area contributed by atoms with Gasteiger partial charge in [0, 0.05) is 19.2 Å². The molecule has 1 aliphatic heterocycles. The molecule has 0 aromatic rings. The van der Waals surface area contributed by atoms with Crippen LogP contribution in [0.1, 0.15) is 39.5 Å². The van der Waals surface area contributed by atoms with E-state index in [1.807, 2.05) is 0 Å². The molecule has 2 fully saturated rings. The van der Waals surface area contributed by atoms with Crippen molar-refractivity contribution in [2.24, 2.45) is 11.8 Å². The number of hydrogen-bond acceptors (Lipinski definition) is 3. The van der Waals surface area contributed by atoms with E-state index in [1.165, 1.54) is 12.8 Å². The van der Waals surface area contributed by atoms with E-state index in [0.717, 1.165) is 31.9 Å². The Morgan fingerprint density at radius 2 is 2.11 bits per heavy atom. The van der Waals surface area contributed by atoms with E-state index >= 15 is 0 Å². The van der Waals surface area contributed by atoms with Crippen LogP contribution in [0.2, 0.25) is 0 Å². The molecule has 0 aromatic heterocycles. The summed E-state index contributed by atoms with van der Waals surface area (Å²) in [5.74, 6) is 0.549. The van der Waals surface area contributed by atoms with Gasteiger partial charge in [-0.05, 0) is 37.5 Å². The van der Waals surface area contributed by atoms with Crippen LogP contribution in [0.3, 0.4) is 0 Å². The fourth-order valence-corrected chi connectivity index (χ4v) is 2.75. The summed E-state index contributed by atoms with van der Waals surface area (Å²) in [5, 5.41) is 9.05. The number of rotatable bonds is 6. The zero-order valence-corrected chi connectivity index (χ0v) is 11.5. The molecule has 4 nitrogen and oxygen atoms in total. The monoisotopic (exact) mass is 255 g/mol. The second-order valence-corrected chi connectivity index (χ2v) is 6.10. The lowest BCUT2D eigenvalue weighted by molar-refractivity contribution is -0.140. The lowest BCUT2D eigenvalue weighted by Gasteiger charge is -2.38. The number of carboxylic acids is 1. The number of hydrogen-bond donors (Lipinski definition) is 1. The summed E-state index contributed by atoms with van der Waals surface area (Å²) >= 11 is 0. The number of nitrogens with zero attached hydrogens (tertiary/aromatic N) is 1. The zero-order chi connectivity index (χ0) is 13.1. The Hall–Kier alpha value is -0.610. The van der Waals surface area contributed by atoms with Crippen molar-refractivity contribution >= 4 is 5.97 Å². The summed E-state index contributed by atoms with van der Waals surface area (Å²) in [6.45, 7) is 6.27. The van der Waals surface area contributed by atoms with Crippen molar-refractivity contribution < 1.29 is 14.6 Å². The van der Waals surface area contributed by atoms with Gasteiger partial charge in [-0.1, -0.05) is 13.8 Å². The van der Waals surface area contributed by atoms with Crippen molar-refractivity contribution in [3.8, 4) is 0 Å². The maximum absolute atomic E-state index is 11.0. The van der Waals surface area contributed by atoms with E-state index in [2.05, 4.69) is 18.7 Å². The Labute approximate surface area is 109 Å². The summed E-state index contributed by atoms with van der Waals surface area (Å²) in [7, 11) is 0. The van der Waals surface area contributed by atoms with Crippen molar-refractivity contribution in [2.45, 2.75) is 51.7 Å². The highest BCUT2D eigenvalue weighted by molar-refractivity contribution is 5.69. The molecular formula is C14H25NO3. The average Bonchev–Trinajstić information content (AvgIpc) is 3.12. The van der Waals surface area contributed by atoms with Crippen LogP contribution < -0.4 is 0 Å². The SMILES string of the molecule is CC(C)C1CC(N(CC(=O)O)CC2CC2)CCO1. The Balaban J connectivity index is 1.92. The summed E-state index contributed by atoms with van der Waals surface area (Å²) in [6, 6.07) is 0.392. The lowest BCUT2D eigenvalue weighted by atomic mass is 9.94. The topological polar surface area (TPSA) is 49.8 Å². The van der Waals surface area contributed by atoms with Gasteiger partial charge in [0.15, 0.2) is 0 Å². The Kier molecular flexibility index (Phi) is 4.62. The molecule has 2 unspecified atom stereocenters. The second kappa shape index (κ2) is 6.02. The number of aliphatic carboxylic acids is 1. The smallest absolute Gasteiger partial charge is 0.317 e. The second-order valence-electron chi connectivity index (χ2n) is 6.10. The van der Waals surface area contributed by atoms with Crippen molar-refractivity contribution in [1.29, 1.82) is 0 Å². The predicted molar refractivity (Wildman–Crippen MR) is 69.5 cm³/mol. The molecule has 18 heavy (non-hydrogen) atoms. The third-order valence-electron chi connectivity index (χ3n) is 4.08. The molecule has 2 aliphatic rings. The van der Waals surface area contributed by atoms with Crippen LogP contribution >= 0.6 is 0 Å². The van der Waals surface area contributed by atoms with E-state index in [-0.39, 0.29) is 6.54 Å². The molecular weight excluding hydrogens is 230 g/mol.